The molecule has 2 aromatic rings. The normalized spacial score (nSPS) is 12.0. The van der Waals surface area contributed by atoms with E-state index < -0.39 is 5.82 Å². The number of hydrazine groups is 1. The van der Waals surface area contributed by atoms with Crippen LogP contribution in [0.2, 0.25) is 0 Å². The maximum Gasteiger partial charge on any atom is 0.165 e. The van der Waals surface area contributed by atoms with E-state index in [0.29, 0.717) is 12.2 Å². The first kappa shape index (κ1) is 15.2. The molecule has 0 aliphatic rings. The number of rotatable bonds is 6. The number of benzene rings is 1. The largest absolute Gasteiger partial charge is 0.495 e. The molecule has 0 amide bonds. The Morgan fingerprint density at radius 3 is 2.62 bits per heavy atom. The Kier molecular flexibility index (Phi) is 5.08. The zero-order valence-corrected chi connectivity index (χ0v) is 12.0. The summed E-state index contributed by atoms with van der Waals surface area (Å²) in [6.07, 6.45) is 3.79. The van der Waals surface area contributed by atoms with E-state index >= 15 is 0 Å². The molecule has 1 aromatic heterocycles. The van der Waals surface area contributed by atoms with Gasteiger partial charge in [-0.15, -0.1) is 0 Å². The molecule has 112 valence electrons. The summed E-state index contributed by atoms with van der Waals surface area (Å²) in [5.74, 6) is 6.08. The molecule has 0 aliphatic carbocycles. The third kappa shape index (κ3) is 3.48. The second kappa shape index (κ2) is 7.01. The first-order chi connectivity index (χ1) is 10.2. The molecule has 1 aromatic carbocycles. The standard InChI is InChI=1S/C15H18FN3O2/c1-20-14-4-3-10(7-12(14)16)8-13(19-17)11-5-6-18-9-15(11)21-2/h3-7,9,13,19H,8,17H2,1-2H3. The van der Waals surface area contributed by atoms with Crippen molar-refractivity contribution in [3.8, 4) is 11.5 Å². The molecule has 5 nitrogen and oxygen atoms in total. The monoisotopic (exact) mass is 291 g/mol. The number of hydrogen-bond acceptors (Lipinski definition) is 5. The van der Waals surface area contributed by atoms with E-state index in [0.717, 1.165) is 11.1 Å². The summed E-state index contributed by atoms with van der Waals surface area (Å²) in [6, 6.07) is 6.46. The van der Waals surface area contributed by atoms with Crippen molar-refractivity contribution in [1.82, 2.24) is 10.4 Å². The molecule has 1 atom stereocenters. The number of pyridine rings is 1. The van der Waals surface area contributed by atoms with E-state index in [4.69, 9.17) is 15.3 Å². The number of halogens is 1. The molecule has 1 heterocycles. The average Bonchev–Trinajstić information content (AvgIpc) is 2.52. The van der Waals surface area contributed by atoms with Gasteiger partial charge in [-0.1, -0.05) is 6.07 Å². The highest BCUT2D eigenvalue weighted by Crippen LogP contribution is 2.27. The van der Waals surface area contributed by atoms with Crippen LogP contribution >= 0.6 is 0 Å². The van der Waals surface area contributed by atoms with Gasteiger partial charge >= 0.3 is 0 Å². The van der Waals surface area contributed by atoms with E-state index in [1.54, 1.807) is 31.6 Å². The fourth-order valence-electron chi connectivity index (χ4n) is 2.18. The van der Waals surface area contributed by atoms with Crippen molar-refractivity contribution < 1.29 is 13.9 Å². The van der Waals surface area contributed by atoms with Crippen LogP contribution in [0.1, 0.15) is 17.2 Å². The Morgan fingerprint density at radius 2 is 2.00 bits per heavy atom. The lowest BCUT2D eigenvalue weighted by Gasteiger charge is -2.19. The molecule has 0 spiro atoms. The highest BCUT2D eigenvalue weighted by Gasteiger charge is 2.16. The summed E-state index contributed by atoms with van der Waals surface area (Å²) >= 11 is 0. The predicted octanol–water partition coefficient (Wildman–Crippen LogP) is 1.99. The van der Waals surface area contributed by atoms with Crippen molar-refractivity contribution in [2.24, 2.45) is 5.84 Å². The number of hydrogen-bond donors (Lipinski definition) is 2. The van der Waals surface area contributed by atoms with Crippen molar-refractivity contribution in [3.05, 3.63) is 53.6 Å². The first-order valence-corrected chi connectivity index (χ1v) is 6.46. The van der Waals surface area contributed by atoms with E-state index in [1.165, 1.54) is 13.2 Å². The maximum atomic E-state index is 13.7. The number of methoxy groups -OCH3 is 2. The summed E-state index contributed by atoms with van der Waals surface area (Å²) < 4.78 is 23.9. The fourth-order valence-corrected chi connectivity index (χ4v) is 2.18. The summed E-state index contributed by atoms with van der Waals surface area (Å²) in [5, 5.41) is 0. The average molecular weight is 291 g/mol. The Hall–Kier alpha value is -2.18. The third-order valence-corrected chi connectivity index (χ3v) is 3.27. The van der Waals surface area contributed by atoms with Crippen LogP contribution < -0.4 is 20.7 Å². The molecular formula is C15H18FN3O2. The van der Waals surface area contributed by atoms with Crippen LogP contribution in [0.5, 0.6) is 11.5 Å². The Bertz CT molecular complexity index is 607. The van der Waals surface area contributed by atoms with Crippen LogP contribution in [0.3, 0.4) is 0 Å². The molecule has 1 unspecified atom stereocenters. The molecule has 21 heavy (non-hydrogen) atoms. The smallest absolute Gasteiger partial charge is 0.165 e. The van der Waals surface area contributed by atoms with E-state index in [9.17, 15) is 4.39 Å². The van der Waals surface area contributed by atoms with Crippen LogP contribution in [-0.4, -0.2) is 19.2 Å². The second-order valence-corrected chi connectivity index (χ2v) is 4.51. The quantitative estimate of drug-likeness (QED) is 0.629. The molecule has 0 aliphatic heterocycles. The maximum absolute atomic E-state index is 13.7. The molecular weight excluding hydrogens is 273 g/mol. The predicted molar refractivity (Wildman–Crippen MR) is 77.5 cm³/mol. The lowest BCUT2D eigenvalue weighted by Crippen LogP contribution is -2.30. The van der Waals surface area contributed by atoms with Crippen LogP contribution in [-0.2, 0) is 6.42 Å². The van der Waals surface area contributed by atoms with Crippen molar-refractivity contribution >= 4 is 0 Å². The lowest BCUT2D eigenvalue weighted by atomic mass is 9.99. The highest BCUT2D eigenvalue weighted by atomic mass is 19.1. The van der Waals surface area contributed by atoms with Gasteiger partial charge in [0.1, 0.15) is 5.75 Å². The van der Waals surface area contributed by atoms with Crippen molar-refractivity contribution in [3.63, 3.8) is 0 Å². The Labute approximate surface area is 122 Å². The number of nitrogens with zero attached hydrogens (tertiary/aromatic N) is 1. The van der Waals surface area contributed by atoms with Gasteiger partial charge in [-0.2, -0.15) is 0 Å². The highest BCUT2D eigenvalue weighted by molar-refractivity contribution is 5.35. The van der Waals surface area contributed by atoms with Gasteiger partial charge in [-0.05, 0) is 30.2 Å². The van der Waals surface area contributed by atoms with Crippen molar-refractivity contribution in [2.75, 3.05) is 14.2 Å². The molecule has 0 saturated carbocycles. The molecule has 3 N–H and O–H groups in total. The lowest BCUT2D eigenvalue weighted by molar-refractivity contribution is 0.385. The zero-order valence-electron chi connectivity index (χ0n) is 12.0. The van der Waals surface area contributed by atoms with E-state index in [1.807, 2.05) is 6.07 Å². The van der Waals surface area contributed by atoms with E-state index in [2.05, 4.69) is 10.4 Å². The molecule has 0 bridgehead atoms. The van der Waals surface area contributed by atoms with Crippen LogP contribution in [0, 0.1) is 5.82 Å². The number of aromatic nitrogens is 1. The Balaban J connectivity index is 2.25. The van der Waals surface area contributed by atoms with Gasteiger partial charge in [-0.3, -0.25) is 16.3 Å². The van der Waals surface area contributed by atoms with Crippen LogP contribution in [0.4, 0.5) is 4.39 Å². The summed E-state index contributed by atoms with van der Waals surface area (Å²) in [5.41, 5.74) is 4.40. The minimum atomic E-state index is -0.396. The van der Waals surface area contributed by atoms with Crippen LogP contribution in [0.15, 0.2) is 36.7 Å². The van der Waals surface area contributed by atoms with Gasteiger partial charge in [0.2, 0.25) is 0 Å². The number of nitrogens with two attached hydrogens (primary N) is 1. The molecule has 6 heteroatoms. The molecule has 0 radical (unpaired) electrons. The summed E-state index contributed by atoms with van der Waals surface area (Å²) in [4.78, 5) is 4.01. The summed E-state index contributed by atoms with van der Waals surface area (Å²) in [6.45, 7) is 0. The summed E-state index contributed by atoms with van der Waals surface area (Å²) in [7, 11) is 3.01. The zero-order chi connectivity index (χ0) is 15.2. The van der Waals surface area contributed by atoms with Gasteiger partial charge < -0.3 is 9.47 Å². The fraction of sp³-hybridized carbons (Fsp3) is 0.267. The van der Waals surface area contributed by atoms with Crippen molar-refractivity contribution in [1.29, 1.82) is 0 Å². The molecule has 2 rings (SSSR count). The van der Waals surface area contributed by atoms with Crippen LogP contribution in [0.25, 0.3) is 0 Å². The second-order valence-electron chi connectivity index (χ2n) is 4.51. The topological polar surface area (TPSA) is 69.4 Å². The van der Waals surface area contributed by atoms with Crippen molar-refractivity contribution in [2.45, 2.75) is 12.5 Å². The molecule has 0 fully saturated rings. The van der Waals surface area contributed by atoms with E-state index in [-0.39, 0.29) is 11.8 Å². The SMILES string of the molecule is COc1ccc(CC(NN)c2ccncc2OC)cc1F. The third-order valence-electron chi connectivity index (χ3n) is 3.27. The van der Waals surface area contributed by atoms with Gasteiger partial charge in [0.25, 0.3) is 0 Å². The number of nitrogens with one attached hydrogen (secondary N) is 1. The number of ether oxygens (including phenoxy) is 2. The minimum Gasteiger partial charge on any atom is -0.495 e. The minimum absolute atomic E-state index is 0.212. The van der Waals surface area contributed by atoms with Gasteiger partial charge in [0, 0.05) is 11.8 Å². The Morgan fingerprint density at radius 1 is 1.24 bits per heavy atom. The first-order valence-electron chi connectivity index (χ1n) is 6.46. The van der Waals surface area contributed by atoms with Gasteiger partial charge in [0.15, 0.2) is 11.6 Å². The molecule has 0 saturated heterocycles. The van der Waals surface area contributed by atoms with Gasteiger partial charge in [-0.25, -0.2) is 4.39 Å². The van der Waals surface area contributed by atoms with Gasteiger partial charge in [0.05, 0.1) is 26.5 Å².